The Balaban J connectivity index is 1.50. The third-order valence-corrected chi connectivity index (χ3v) is 6.30. The summed E-state index contributed by atoms with van der Waals surface area (Å²) in [6, 6.07) is 25.5. The summed E-state index contributed by atoms with van der Waals surface area (Å²) in [5.74, 6) is -2.19. The SMILES string of the molecule is O=C(OC[C@H]1O[C@@H](n2ccc(=O)[nH]c2=O)[C@H](OC(=O)c2ccccc2)[C@H]1OC(=O)c1ccccc1)c1ccccc1. The molecule has 0 amide bonds. The highest BCUT2D eigenvalue weighted by Crippen LogP contribution is 2.34. The van der Waals surface area contributed by atoms with Crippen molar-refractivity contribution in [3.05, 3.63) is 141 Å². The number of aromatic amines is 1. The van der Waals surface area contributed by atoms with Crippen molar-refractivity contribution < 1.29 is 33.3 Å². The Morgan fingerprint density at radius 3 is 1.68 bits per heavy atom. The number of ether oxygens (including phenoxy) is 4. The standard InChI is InChI=1S/C30H24N2O9/c33-23-16-17-32(30(37)31-23)26-25(41-29(36)21-14-8-3-9-15-21)24(40-28(35)20-12-6-2-7-13-20)22(39-26)18-38-27(34)19-10-4-1-5-11-19/h1-17,22,24-26H,18H2,(H,31,33,37)/t22-,24+,25-,26-/m1/s1. The van der Waals surface area contributed by atoms with Crippen LogP contribution in [0, 0.1) is 0 Å². The molecular weight excluding hydrogens is 532 g/mol. The van der Waals surface area contributed by atoms with Crippen LogP contribution >= 0.6 is 0 Å². The number of H-pyrrole nitrogens is 1. The smallest absolute Gasteiger partial charge is 0.338 e. The van der Waals surface area contributed by atoms with Crippen LogP contribution in [0.4, 0.5) is 0 Å². The van der Waals surface area contributed by atoms with E-state index in [1.807, 2.05) is 0 Å². The lowest BCUT2D eigenvalue weighted by Crippen LogP contribution is -2.43. The van der Waals surface area contributed by atoms with Crippen LogP contribution in [0.5, 0.6) is 0 Å². The number of nitrogens with one attached hydrogen (secondary N) is 1. The Morgan fingerprint density at radius 1 is 0.683 bits per heavy atom. The lowest BCUT2D eigenvalue weighted by atomic mass is 10.1. The van der Waals surface area contributed by atoms with Gasteiger partial charge in [-0.05, 0) is 36.4 Å². The van der Waals surface area contributed by atoms with E-state index >= 15 is 0 Å². The van der Waals surface area contributed by atoms with Crippen LogP contribution in [0.1, 0.15) is 37.3 Å². The number of aromatic nitrogens is 2. The normalized spacial score (nSPS) is 19.7. The molecule has 0 aliphatic carbocycles. The van der Waals surface area contributed by atoms with Gasteiger partial charge in [0.2, 0.25) is 0 Å². The van der Waals surface area contributed by atoms with Gasteiger partial charge in [0.05, 0.1) is 16.7 Å². The largest absolute Gasteiger partial charge is 0.459 e. The zero-order valence-corrected chi connectivity index (χ0v) is 21.5. The Morgan fingerprint density at radius 2 is 1.17 bits per heavy atom. The van der Waals surface area contributed by atoms with E-state index in [-0.39, 0.29) is 16.7 Å². The number of benzene rings is 3. The molecule has 0 spiro atoms. The number of carbonyl (C=O) groups excluding carboxylic acids is 3. The van der Waals surface area contributed by atoms with Gasteiger partial charge in [0.25, 0.3) is 5.56 Å². The third kappa shape index (κ3) is 6.31. The van der Waals surface area contributed by atoms with Crippen molar-refractivity contribution in [1.82, 2.24) is 9.55 Å². The Bertz CT molecular complexity index is 1640. The van der Waals surface area contributed by atoms with Crippen molar-refractivity contribution in [2.45, 2.75) is 24.5 Å². The van der Waals surface area contributed by atoms with E-state index in [0.717, 1.165) is 10.6 Å². The predicted octanol–water partition coefficient (Wildman–Crippen LogP) is 2.74. The molecule has 5 rings (SSSR count). The van der Waals surface area contributed by atoms with Gasteiger partial charge in [0, 0.05) is 12.3 Å². The molecule has 11 nitrogen and oxygen atoms in total. The first-order valence-corrected chi connectivity index (χ1v) is 12.6. The highest BCUT2D eigenvalue weighted by atomic mass is 16.7. The second-order valence-electron chi connectivity index (χ2n) is 9.02. The summed E-state index contributed by atoms with van der Waals surface area (Å²) in [6.45, 7) is -0.408. The molecule has 208 valence electrons. The predicted molar refractivity (Wildman–Crippen MR) is 143 cm³/mol. The Kier molecular flexibility index (Phi) is 8.16. The Hall–Kier alpha value is -5.29. The minimum Gasteiger partial charge on any atom is -0.459 e. The maximum absolute atomic E-state index is 13.1. The van der Waals surface area contributed by atoms with Gasteiger partial charge in [0.1, 0.15) is 12.7 Å². The molecule has 1 N–H and O–H groups in total. The van der Waals surface area contributed by atoms with E-state index in [0.29, 0.717) is 0 Å². The first-order chi connectivity index (χ1) is 19.9. The van der Waals surface area contributed by atoms with E-state index in [1.165, 1.54) is 30.5 Å². The van der Waals surface area contributed by atoms with E-state index < -0.39 is 60.3 Å². The van der Waals surface area contributed by atoms with E-state index in [9.17, 15) is 24.0 Å². The highest BCUT2D eigenvalue weighted by Gasteiger charge is 2.51. The summed E-state index contributed by atoms with van der Waals surface area (Å²) < 4.78 is 24.1. The molecule has 1 fully saturated rings. The second kappa shape index (κ2) is 12.3. The second-order valence-corrected chi connectivity index (χ2v) is 9.02. The lowest BCUT2D eigenvalue weighted by Gasteiger charge is -2.25. The number of carbonyl (C=O) groups is 3. The highest BCUT2D eigenvalue weighted by molar-refractivity contribution is 5.91. The molecule has 0 unspecified atom stereocenters. The number of hydrogen-bond acceptors (Lipinski definition) is 9. The zero-order valence-electron chi connectivity index (χ0n) is 21.5. The summed E-state index contributed by atoms with van der Waals surface area (Å²) in [7, 11) is 0. The van der Waals surface area contributed by atoms with Gasteiger partial charge in [-0.25, -0.2) is 19.2 Å². The summed E-state index contributed by atoms with van der Waals surface area (Å²) in [5.41, 5.74) is -0.804. The molecule has 4 aromatic rings. The number of esters is 3. The van der Waals surface area contributed by atoms with Crippen molar-refractivity contribution in [3.63, 3.8) is 0 Å². The van der Waals surface area contributed by atoms with E-state index in [2.05, 4.69) is 4.98 Å². The van der Waals surface area contributed by atoms with E-state index in [4.69, 9.17) is 18.9 Å². The molecule has 3 aromatic carbocycles. The summed E-state index contributed by atoms with van der Waals surface area (Å²) in [6.07, 6.45) is -4.03. The summed E-state index contributed by atoms with van der Waals surface area (Å²) >= 11 is 0. The van der Waals surface area contributed by atoms with Gasteiger partial charge in [-0.15, -0.1) is 0 Å². The Labute approximate surface area is 232 Å². The zero-order chi connectivity index (χ0) is 28.8. The van der Waals surface area contributed by atoms with Crippen LogP contribution in [0.3, 0.4) is 0 Å². The van der Waals surface area contributed by atoms with Crippen LogP contribution in [-0.2, 0) is 18.9 Å². The van der Waals surface area contributed by atoms with Gasteiger partial charge >= 0.3 is 23.6 Å². The molecule has 1 aromatic heterocycles. The molecule has 1 saturated heterocycles. The molecule has 0 saturated carbocycles. The van der Waals surface area contributed by atoms with Crippen molar-refractivity contribution in [3.8, 4) is 0 Å². The molecule has 11 heteroatoms. The lowest BCUT2D eigenvalue weighted by molar-refractivity contribution is -0.0640. The maximum atomic E-state index is 13.1. The van der Waals surface area contributed by atoms with Crippen molar-refractivity contribution in [2.24, 2.45) is 0 Å². The van der Waals surface area contributed by atoms with Crippen LogP contribution in [-0.4, -0.2) is 52.4 Å². The average Bonchev–Trinajstić information content (AvgIpc) is 3.33. The molecule has 0 radical (unpaired) electrons. The summed E-state index contributed by atoms with van der Waals surface area (Å²) in [4.78, 5) is 65.5. The monoisotopic (exact) mass is 556 g/mol. The van der Waals surface area contributed by atoms with Crippen LogP contribution in [0.25, 0.3) is 0 Å². The molecular formula is C30H24N2O9. The minimum atomic E-state index is -1.38. The van der Waals surface area contributed by atoms with Gasteiger partial charge in [-0.2, -0.15) is 0 Å². The van der Waals surface area contributed by atoms with Crippen molar-refractivity contribution in [2.75, 3.05) is 6.61 Å². The van der Waals surface area contributed by atoms with Gasteiger partial charge in [-0.1, -0.05) is 54.6 Å². The van der Waals surface area contributed by atoms with Gasteiger partial charge in [-0.3, -0.25) is 14.3 Å². The number of nitrogens with zero attached hydrogens (tertiary/aromatic N) is 1. The van der Waals surface area contributed by atoms with Crippen LogP contribution in [0.15, 0.2) is 113 Å². The van der Waals surface area contributed by atoms with Crippen molar-refractivity contribution in [1.29, 1.82) is 0 Å². The minimum absolute atomic E-state index is 0.201. The summed E-state index contributed by atoms with van der Waals surface area (Å²) in [5, 5.41) is 0. The number of hydrogen-bond donors (Lipinski definition) is 1. The fourth-order valence-electron chi connectivity index (χ4n) is 4.31. The fourth-order valence-corrected chi connectivity index (χ4v) is 4.31. The first-order valence-electron chi connectivity index (χ1n) is 12.6. The van der Waals surface area contributed by atoms with Gasteiger partial charge < -0.3 is 18.9 Å². The van der Waals surface area contributed by atoms with Crippen LogP contribution < -0.4 is 11.2 Å². The van der Waals surface area contributed by atoms with E-state index in [1.54, 1.807) is 66.7 Å². The molecule has 1 aliphatic heterocycles. The third-order valence-electron chi connectivity index (χ3n) is 6.30. The fraction of sp³-hybridized carbons (Fsp3) is 0.167. The molecule has 41 heavy (non-hydrogen) atoms. The molecule has 1 aliphatic rings. The molecule has 4 atom stereocenters. The quantitative estimate of drug-likeness (QED) is 0.256. The topological polar surface area (TPSA) is 143 Å². The number of rotatable bonds is 8. The van der Waals surface area contributed by atoms with Gasteiger partial charge in [0.15, 0.2) is 18.4 Å². The maximum Gasteiger partial charge on any atom is 0.338 e. The molecule has 0 bridgehead atoms. The van der Waals surface area contributed by atoms with Crippen molar-refractivity contribution >= 4 is 17.9 Å². The molecule has 2 heterocycles. The van der Waals surface area contributed by atoms with Crippen LogP contribution in [0.2, 0.25) is 0 Å². The average molecular weight is 557 g/mol. The first kappa shape index (κ1) is 27.3.